The highest BCUT2D eigenvalue weighted by atomic mass is 32.2. The summed E-state index contributed by atoms with van der Waals surface area (Å²) in [4.78, 5) is 11.5. The molecule has 1 fully saturated rings. The molecule has 20 heavy (non-hydrogen) atoms. The molecule has 0 saturated heterocycles. The highest BCUT2D eigenvalue weighted by Gasteiger charge is 2.54. The number of carbonyl (C=O) groups is 1. The van der Waals surface area contributed by atoms with Crippen molar-refractivity contribution in [1.29, 1.82) is 0 Å². The van der Waals surface area contributed by atoms with Crippen molar-refractivity contribution in [3.63, 3.8) is 0 Å². The van der Waals surface area contributed by atoms with E-state index in [0.717, 1.165) is 6.26 Å². The molecule has 0 atom stereocenters. The molecule has 1 N–H and O–H groups in total. The maximum absolute atomic E-state index is 11.9. The van der Waals surface area contributed by atoms with E-state index in [1.807, 2.05) is 0 Å². The molecule has 1 aliphatic carbocycles. The van der Waals surface area contributed by atoms with Gasteiger partial charge in [0.1, 0.15) is 13.2 Å². The Morgan fingerprint density at radius 1 is 1.20 bits per heavy atom. The van der Waals surface area contributed by atoms with Crippen LogP contribution in [-0.4, -0.2) is 39.0 Å². The summed E-state index contributed by atoms with van der Waals surface area (Å²) in [6.45, 7) is 0.713. The molecule has 0 unspecified atom stereocenters. The number of ether oxygens (including phenoxy) is 2. The smallest absolute Gasteiger partial charge is 0.314 e. The summed E-state index contributed by atoms with van der Waals surface area (Å²) in [5.41, 5.74) is -0.800. The monoisotopic (exact) mass is 298 g/mol. The van der Waals surface area contributed by atoms with Crippen LogP contribution in [0.4, 0.5) is 0 Å². The van der Waals surface area contributed by atoms with Gasteiger partial charge in [-0.25, -0.2) is 8.42 Å². The van der Waals surface area contributed by atoms with Crippen molar-refractivity contribution < 1.29 is 27.8 Å². The first-order chi connectivity index (χ1) is 9.34. The van der Waals surface area contributed by atoms with Crippen LogP contribution in [-0.2, 0) is 20.0 Å². The van der Waals surface area contributed by atoms with Crippen LogP contribution in [0.2, 0.25) is 0 Å². The largest absolute Gasteiger partial charge is 0.486 e. The Balaban J connectivity index is 2.24. The summed E-state index contributed by atoms with van der Waals surface area (Å²) in [5, 5.41) is 9.38. The Hall–Kier alpha value is -1.76. The molecule has 1 heterocycles. The Morgan fingerprint density at radius 2 is 1.75 bits per heavy atom. The Bertz CT molecular complexity index is 687. The lowest BCUT2D eigenvalue weighted by Gasteiger charge is -2.22. The second kappa shape index (κ2) is 4.12. The third-order valence-electron chi connectivity index (χ3n) is 3.72. The van der Waals surface area contributed by atoms with Gasteiger partial charge in [-0.2, -0.15) is 0 Å². The molecule has 6 nitrogen and oxygen atoms in total. The Labute approximate surface area is 116 Å². The molecule has 1 saturated carbocycles. The molecule has 0 amide bonds. The third-order valence-corrected chi connectivity index (χ3v) is 4.86. The van der Waals surface area contributed by atoms with Gasteiger partial charge in [0.15, 0.2) is 21.3 Å². The van der Waals surface area contributed by atoms with Crippen molar-refractivity contribution in [2.75, 3.05) is 19.5 Å². The second-order valence-corrected chi connectivity index (χ2v) is 7.14. The van der Waals surface area contributed by atoms with Crippen LogP contribution in [0.3, 0.4) is 0 Å². The topological polar surface area (TPSA) is 89.9 Å². The number of fused-ring (bicyclic) bond motifs is 1. The van der Waals surface area contributed by atoms with Crippen LogP contribution in [0.25, 0.3) is 0 Å². The van der Waals surface area contributed by atoms with Crippen molar-refractivity contribution in [2.24, 2.45) is 0 Å². The highest BCUT2D eigenvalue weighted by molar-refractivity contribution is 7.90. The van der Waals surface area contributed by atoms with E-state index in [-0.39, 0.29) is 4.90 Å². The van der Waals surface area contributed by atoms with Crippen LogP contribution in [0.1, 0.15) is 18.4 Å². The predicted octanol–water partition coefficient (Wildman–Crippen LogP) is 0.978. The maximum atomic E-state index is 11.9. The quantitative estimate of drug-likeness (QED) is 0.894. The number of sulfone groups is 1. The van der Waals surface area contributed by atoms with Crippen LogP contribution >= 0.6 is 0 Å². The molecule has 0 aromatic heterocycles. The Morgan fingerprint density at radius 3 is 2.20 bits per heavy atom. The molecule has 1 aromatic rings. The number of hydrogen-bond acceptors (Lipinski definition) is 5. The first-order valence-electron chi connectivity index (χ1n) is 6.22. The maximum Gasteiger partial charge on any atom is 0.314 e. The van der Waals surface area contributed by atoms with E-state index in [1.54, 1.807) is 0 Å². The van der Waals surface area contributed by atoms with E-state index >= 15 is 0 Å². The second-order valence-electron chi connectivity index (χ2n) is 5.15. The van der Waals surface area contributed by atoms with E-state index in [4.69, 9.17) is 9.47 Å². The van der Waals surface area contributed by atoms with E-state index in [1.165, 1.54) is 12.1 Å². The van der Waals surface area contributed by atoms with Crippen molar-refractivity contribution in [3.8, 4) is 11.5 Å². The van der Waals surface area contributed by atoms with Gasteiger partial charge >= 0.3 is 5.97 Å². The Kier molecular flexibility index (Phi) is 2.72. The van der Waals surface area contributed by atoms with Crippen LogP contribution < -0.4 is 9.47 Å². The van der Waals surface area contributed by atoms with Gasteiger partial charge in [-0.1, -0.05) is 0 Å². The van der Waals surface area contributed by atoms with Gasteiger partial charge in [0.25, 0.3) is 0 Å². The minimum absolute atomic E-state index is 0.0154. The molecular formula is C13H14O6S. The number of carboxylic acid groups (broad SMARTS) is 1. The van der Waals surface area contributed by atoms with Crippen molar-refractivity contribution in [1.82, 2.24) is 0 Å². The zero-order valence-corrected chi connectivity index (χ0v) is 11.7. The van der Waals surface area contributed by atoms with Gasteiger partial charge in [-0.15, -0.1) is 0 Å². The SMILES string of the molecule is CS(=O)(=O)c1cc2c(cc1C1(C(=O)O)CC1)OCCO2. The summed E-state index contributed by atoms with van der Waals surface area (Å²) in [6, 6.07) is 2.88. The highest BCUT2D eigenvalue weighted by Crippen LogP contribution is 2.52. The normalized spacial score (nSPS) is 19.4. The molecule has 2 aliphatic rings. The van der Waals surface area contributed by atoms with E-state index in [0.29, 0.717) is 43.1 Å². The van der Waals surface area contributed by atoms with Gasteiger partial charge in [-0.05, 0) is 24.5 Å². The molecule has 0 spiro atoms. The summed E-state index contributed by atoms with van der Waals surface area (Å²) in [7, 11) is -3.54. The fraction of sp³-hybridized carbons (Fsp3) is 0.462. The van der Waals surface area contributed by atoms with Gasteiger partial charge in [0.05, 0.1) is 10.3 Å². The van der Waals surface area contributed by atoms with Crippen molar-refractivity contribution in [2.45, 2.75) is 23.2 Å². The van der Waals surface area contributed by atoms with E-state index < -0.39 is 21.2 Å². The summed E-state index contributed by atoms with van der Waals surface area (Å²) >= 11 is 0. The average Bonchev–Trinajstić information content (AvgIpc) is 3.17. The minimum atomic E-state index is -3.54. The molecule has 0 bridgehead atoms. The zero-order chi connectivity index (χ0) is 14.5. The summed E-state index contributed by atoms with van der Waals surface area (Å²) < 4.78 is 34.7. The number of rotatable bonds is 3. The third kappa shape index (κ3) is 1.93. The molecule has 0 radical (unpaired) electrons. The minimum Gasteiger partial charge on any atom is -0.486 e. The van der Waals surface area contributed by atoms with Crippen LogP contribution in [0.5, 0.6) is 11.5 Å². The average molecular weight is 298 g/mol. The van der Waals surface area contributed by atoms with E-state index in [2.05, 4.69) is 0 Å². The van der Waals surface area contributed by atoms with Crippen molar-refractivity contribution in [3.05, 3.63) is 17.7 Å². The molecule has 1 aromatic carbocycles. The van der Waals surface area contributed by atoms with Gasteiger partial charge < -0.3 is 14.6 Å². The molecular weight excluding hydrogens is 284 g/mol. The van der Waals surface area contributed by atoms with Crippen LogP contribution in [0.15, 0.2) is 17.0 Å². The summed E-state index contributed by atoms with van der Waals surface area (Å²) in [6.07, 6.45) is 1.94. The number of aliphatic carboxylic acids is 1. The lowest BCUT2D eigenvalue weighted by atomic mass is 9.95. The lowest BCUT2D eigenvalue weighted by Crippen LogP contribution is -2.24. The van der Waals surface area contributed by atoms with Crippen LogP contribution in [0, 0.1) is 0 Å². The fourth-order valence-electron chi connectivity index (χ4n) is 2.47. The fourth-order valence-corrected chi connectivity index (χ4v) is 3.45. The van der Waals surface area contributed by atoms with Crippen molar-refractivity contribution >= 4 is 15.8 Å². The number of benzene rings is 1. The molecule has 7 heteroatoms. The van der Waals surface area contributed by atoms with E-state index in [9.17, 15) is 18.3 Å². The molecule has 108 valence electrons. The number of hydrogen-bond donors (Lipinski definition) is 1. The summed E-state index contributed by atoms with van der Waals surface area (Å²) in [5.74, 6) is -0.244. The van der Waals surface area contributed by atoms with Gasteiger partial charge in [0, 0.05) is 12.3 Å². The lowest BCUT2D eigenvalue weighted by molar-refractivity contribution is -0.140. The molecule has 1 aliphatic heterocycles. The number of carboxylic acids is 1. The van der Waals surface area contributed by atoms with Gasteiger partial charge in [0.2, 0.25) is 0 Å². The standard InChI is InChI=1S/C13H14O6S/c1-20(16,17)11-7-10-9(18-4-5-19-10)6-8(11)13(2-3-13)12(14)15/h6-7H,2-5H2,1H3,(H,14,15). The first kappa shape index (κ1) is 13.2. The van der Waals surface area contributed by atoms with Gasteiger partial charge in [-0.3, -0.25) is 4.79 Å². The predicted molar refractivity (Wildman–Crippen MR) is 69.1 cm³/mol. The molecule has 3 rings (SSSR count). The zero-order valence-electron chi connectivity index (χ0n) is 10.9. The first-order valence-corrected chi connectivity index (χ1v) is 8.11.